The van der Waals surface area contributed by atoms with Crippen LogP contribution in [-0.4, -0.2) is 21.3 Å². The van der Waals surface area contributed by atoms with Gasteiger partial charge in [-0.2, -0.15) is 5.10 Å². The van der Waals surface area contributed by atoms with Crippen molar-refractivity contribution in [2.24, 2.45) is 0 Å². The average Bonchev–Trinajstić information content (AvgIpc) is 2.71. The first-order valence-electron chi connectivity index (χ1n) is 6.72. The summed E-state index contributed by atoms with van der Waals surface area (Å²) in [5, 5.41) is 15.1. The highest BCUT2D eigenvalue weighted by Gasteiger charge is 2.22. The van der Waals surface area contributed by atoms with Crippen LogP contribution < -0.4 is 10.5 Å². The first-order valence-corrected chi connectivity index (χ1v) is 6.72. The van der Waals surface area contributed by atoms with Gasteiger partial charge in [0.05, 0.1) is 18.1 Å². The number of anilines is 1. The smallest absolute Gasteiger partial charge is 0.333 e. The van der Waals surface area contributed by atoms with Crippen molar-refractivity contribution in [1.82, 2.24) is 9.78 Å². The molecule has 21 heavy (non-hydrogen) atoms. The number of aryl methyl sites for hydroxylation is 1. The second-order valence-corrected chi connectivity index (χ2v) is 4.73. The molecule has 0 spiro atoms. The number of nitrogens with zero attached hydrogens (tertiary/aromatic N) is 3. The van der Waals surface area contributed by atoms with E-state index in [-0.39, 0.29) is 11.5 Å². The van der Waals surface area contributed by atoms with Gasteiger partial charge in [0.15, 0.2) is 0 Å². The van der Waals surface area contributed by atoms with Gasteiger partial charge in [-0.05, 0) is 31.0 Å². The van der Waals surface area contributed by atoms with Crippen LogP contribution in [-0.2, 0) is 6.54 Å². The Kier molecular flexibility index (Phi) is 4.42. The Bertz CT molecular complexity index is 652. The van der Waals surface area contributed by atoms with E-state index in [9.17, 15) is 10.1 Å². The van der Waals surface area contributed by atoms with E-state index in [4.69, 9.17) is 10.5 Å². The Morgan fingerprint density at radius 1 is 1.48 bits per heavy atom. The highest BCUT2D eigenvalue weighted by Crippen LogP contribution is 2.26. The van der Waals surface area contributed by atoms with Crippen molar-refractivity contribution >= 4 is 11.5 Å². The van der Waals surface area contributed by atoms with Gasteiger partial charge in [0.1, 0.15) is 11.4 Å². The van der Waals surface area contributed by atoms with Gasteiger partial charge in [0, 0.05) is 0 Å². The predicted octanol–water partition coefficient (Wildman–Crippen LogP) is 2.52. The zero-order valence-corrected chi connectivity index (χ0v) is 12.1. The van der Waals surface area contributed by atoms with Crippen LogP contribution in [0.15, 0.2) is 24.3 Å². The quantitative estimate of drug-likeness (QED) is 0.651. The van der Waals surface area contributed by atoms with Crippen LogP contribution in [0.2, 0.25) is 0 Å². The fourth-order valence-electron chi connectivity index (χ4n) is 2.06. The number of rotatable bonds is 6. The molecular weight excluding hydrogens is 272 g/mol. The summed E-state index contributed by atoms with van der Waals surface area (Å²) in [5.74, 6) is 0.837. The summed E-state index contributed by atoms with van der Waals surface area (Å²) in [6.07, 6.45) is 0.932. The summed E-state index contributed by atoms with van der Waals surface area (Å²) in [6, 6.07) is 7.54. The SMILES string of the molecule is CCCOc1cccc(Cn2nc(C)c([N+](=O)[O-])c2N)c1. The average molecular weight is 290 g/mol. The van der Waals surface area contributed by atoms with Crippen LogP contribution in [0.4, 0.5) is 11.5 Å². The van der Waals surface area contributed by atoms with Crippen molar-refractivity contribution in [2.75, 3.05) is 12.3 Å². The molecular formula is C14H18N4O3. The number of nitro groups is 1. The van der Waals surface area contributed by atoms with Gasteiger partial charge in [-0.3, -0.25) is 10.1 Å². The molecule has 0 bridgehead atoms. The van der Waals surface area contributed by atoms with E-state index in [0.29, 0.717) is 18.8 Å². The Morgan fingerprint density at radius 2 is 2.24 bits per heavy atom. The predicted molar refractivity (Wildman–Crippen MR) is 79.4 cm³/mol. The lowest BCUT2D eigenvalue weighted by Crippen LogP contribution is -2.07. The molecule has 0 aliphatic carbocycles. The molecule has 7 nitrogen and oxygen atoms in total. The number of nitrogens with two attached hydrogens (primary N) is 1. The molecule has 2 rings (SSSR count). The molecule has 0 saturated carbocycles. The third-order valence-electron chi connectivity index (χ3n) is 3.02. The molecule has 112 valence electrons. The minimum atomic E-state index is -0.505. The number of aromatic nitrogens is 2. The summed E-state index contributed by atoms with van der Waals surface area (Å²) >= 11 is 0. The number of hydrogen-bond donors (Lipinski definition) is 1. The summed E-state index contributed by atoms with van der Waals surface area (Å²) in [5.41, 5.74) is 6.91. The molecule has 0 radical (unpaired) electrons. The van der Waals surface area contributed by atoms with Crippen molar-refractivity contribution in [3.05, 3.63) is 45.6 Å². The maximum atomic E-state index is 10.9. The number of nitrogen functional groups attached to an aromatic ring is 1. The van der Waals surface area contributed by atoms with Crippen molar-refractivity contribution in [3.63, 3.8) is 0 Å². The van der Waals surface area contributed by atoms with Crippen molar-refractivity contribution in [3.8, 4) is 5.75 Å². The van der Waals surface area contributed by atoms with E-state index < -0.39 is 4.92 Å². The summed E-state index contributed by atoms with van der Waals surface area (Å²) < 4.78 is 7.00. The van der Waals surface area contributed by atoms with Crippen LogP contribution in [0.25, 0.3) is 0 Å². The van der Waals surface area contributed by atoms with Gasteiger partial charge in [0.2, 0.25) is 5.82 Å². The van der Waals surface area contributed by atoms with Gasteiger partial charge >= 0.3 is 5.69 Å². The standard InChI is InChI=1S/C14H18N4O3/c1-3-7-21-12-6-4-5-11(8-12)9-17-14(15)13(18(19)20)10(2)16-17/h4-6,8H,3,7,9,15H2,1-2H3. The molecule has 2 aromatic rings. The van der Waals surface area contributed by atoms with Crippen LogP contribution in [0, 0.1) is 17.0 Å². The minimum Gasteiger partial charge on any atom is -0.494 e. The first kappa shape index (κ1) is 14.8. The van der Waals surface area contributed by atoms with E-state index in [1.54, 1.807) is 6.92 Å². The Morgan fingerprint density at radius 3 is 2.86 bits per heavy atom. The Balaban J connectivity index is 2.22. The fourth-order valence-corrected chi connectivity index (χ4v) is 2.06. The van der Waals surface area contributed by atoms with Gasteiger partial charge in [-0.1, -0.05) is 19.1 Å². The zero-order valence-electron chi connectivity index (χ0n) is 12.1. The van der Waals surface area contributed by atoms with E-state index in [1.807, 2.05) is 31.2 Å². The van der Waals surface area contributed by atoms with Crippen molar-refractivity contribution in [1.29, 1.82) is 0 Å². The largest absolute Gasteiger partial charge is 0.494 e. The minimum absolute atomic E-state index is 0.0670. The number of benzene rings is 1. The molecule has 7 heteroatoms. The molecule has 1 heterocycles. The van der Waals surface area contributed by atoms with Gasteiger partial charge in [0.25, 0.3) is 0 Å². The maximum absolute atomic E-state index is 10.9. The lowest BCUT2D eigenvalue weighted by molar-refractivity contribution is -0.384. The van der Waals surface area contributed by atoms with E-state index >= 15 is 0 Å². The molecule has 0 saturated heterocycles. The van der Waals surface area contributed by atoms with Crippen molar-refractivity contribution < 1.29 is 9.66 Å². The zero-order chi connectivity index (χ0) is 15.4. The van der Waals surface area contributed by atoms with Gasteiger partial charge in [-0.25, -0.2) is 4.68 Å². The molecule has 2 N–H and O–H groups in total. The molecule has 0 atom stereocenters. The lowest BCUT2D eigenvalue weighted by Gasteiger charge is -2.08. The monoisotopic (exact) mass is 290 g/mol. The molecule has 0 aliphatic rings. The molecule has 0 unspecified atom stereocenters. The van der Waals surface area contributed by atoms with Crippen LogP contribution in [0.3, 0.4) is 0 Å². The highest BCUT2D eigenvalue weighted by molar-refractivity contribution is 5.56. The van der Waals surface area contributed by atoms with Crippen molar-refractivity contribution in [2.45, 2.75) is 26.8 Å². The van der Waals surface area contributed by atoms with E-state index in [0.717, 1.165) is 17.7 Å². The summed E-state index contributed by atoms with van der Waals surface area (Å²) in [6.45, 7) is 4.63. The molecule has 0 fully saturated rings. The van der Waals surface area contributed by atoms with Crippen LogP contribution >= 0.6 is 0 Å². The second kappa shape index (κ2) is 6.25. The Hall–Kier alpha value is -2.57. The highest BCUT2D eigenvalue weighted by atomic mass is 16.6. The van der Waals surface area contributed by atoms with Crippen LogP contribution in [0.5, 0.6) is 5.75 Å². The first-order chi connectivity index (χ1) is 10.0. The second-order valence-electron chi connectivity index (χ2n) is 4.73. The molecule has 0 amide bonds. The summed E-state index contributed by atoms with van der Waals surface area (Å²) in [4.78, 5) is 10.4. The molecule has 0 aliphatic heterocycles. The lowest BCUT2D eigenvalue weighted by atomic mass is 10.2. The number of hydrogen-bond acceptors (Lipinski definition) is 5. The number of ether oxygens (including phenoxy) is 1. The van der Waals surface area contributed by atoms with Gasteiger partial charge < -0.3 is 10.5 Å². The Labute approximate surface area is 122 Å². The van der Waals surface area contributed by atoms with Crippen LogP contribution in [0.1, 0.15) is 24.6 Å². The van der Waals surface area contributed by atoms with E-state index in [1.165, 1.54) is 4.68 Å². The topological polar surface area (TPSA) is 96.2 Å². The molecule has 1 aromatic heterocycles. The molecule has 1 aromatic carbocycles. The fraction of sp³-hybridized carbons (Fsp3) is 0.357. The third-order valence-corrected chi connectivity index (χ3v) is 3.02. The van der Waals surface area contributed by atoms with Gasteiger partial charge in [-0.15, -0.1) is 0 Å². The third kappa shape index (κ3) is 3.31. The maximum Gasteiger partial charge on any atom is 0.333 e. The summed E-state index contributed by atoms with van der Waals surface area (Å²) in [7, 11) is 0. The normalized spacial score (nSPS) is 10.6. The van der Waals surface area contributed by atoms with E-state index in [2.05, 4.69) is 5.10 Å².